The summed E-state index contributed by atoms with van der Waals surface area (Å²) in [4.78, 5) is 10.6. The van der Waals surface area contributed by atoms with Gasteiger partial charge < -0.3 is 20.6 Å². The van der Waals surface area contributed by atoms with E-state index in [1.54, 1.807) is 0 Å². The lowest BCUT2D eigenvalue weighted by Crippen LogP contribution is -2.38. The molecule has 0 rings (SSSR count). The van der Waals surface area contributed by atoms with Gasteiger partial charge in [0, 0.05) is 6.54 Å². The van der Waals surface area contributed by atoms with Crippen LogP contribution in [0.1, 0.15) is 6.92 Å². The largest absolute Gasteiger partial charge is 0.394 e. The van der Waals surface area contributed by atoms with Crippen molar-refractivity contribution in [3.8, 4) is 0 Å². The zero-order chi connectivity index (χ0) is 8.85. The highest BCUT2D eigenvalue weighted by Crippen LogP contribution is 1.81. The first kappa shape index (κ1) is 10.3. The van der Waals surface area contributed by atoms with Crippen molar-refractivity contribution in [2.75, 3.05) is 13.2 Å². The predicted octanol–water partition coefficient (Wildman–Crippen LogP) is -2.16. The number of amides is 1. The van der Waals surface area contributed by atoms with Crippen LogP contribution >= 0.6 is 0 Å². The Morgan fingerprint density at radius 3 is 2.45 bits per heavy atom. The second kappa shape index (κ2) is 5.06. The molecular weight excluding hydrogens is 150 g/mol. The van der Waals surface area contributed by atoms with Crippen molar-refractivity contribution in [2.24, 2.45) is 0 Å². The molecule has 1 amide bonds. The molecule has 0 aliphatic carbocycles. The van der Waals surface area contributed by atoms with Gasteiger partial charge in [-0.1, -0.05) is 0 Å². The van der Waals surface area contributed by atoms with Crippen LogP contribution in [0.15, 0.2) is 0 Å². The van der Waals surface area contributed by atoms with Gasteiger partial charge >= 0.3 is 0 Å². The van der Waals surface area contributed by atoms with Crippen molar-refractivity contribution in [1.29, 1.82) is 0 Å². The van der Waals surface area contributed by atoms with E-state index >= 15 is 0 Å². The van der Waals surface area contributed by atoms with Gasteiger partial charge in [-0.15, -0.1) is 0 Å². The highest BCUT2D eigenvalue weighted by atomic mass is 16.3. The molecule has 0 spiro atoms. The summed E-state index contributed by atoms with van der Waals surface area (Å²) in [5, 5.41) is 27.9. The van der Waals surface area contributed by atoms with Crippen LogP contribution in [0.5, 0.6) is 0 Å². The molecule has 5 nitrogen and oxygen atoms in total. The fourth-order valence-corrected chi connectivity index (χ4v) is 0.431. The predicted molar refractivity (Wildman–Crippen MR) is 37.8 cm³/mol. The SMILES string of the molecule is CC(O)C(=O)NC[C@@H](O)CO. The molecule has 0 saturated heterocycles. The molecule has 0 fully saturated rings. The first-order chi connectivity index (χ1) is 5.07. The third-order valence-electron chi connectivity index (χ3n) is 1.10. The van der Waals surface area contributed by atoms with Crippen LogP contribution in [0.25, 0.3) is 0 Å². The Morgan fingerprint density at radius 2 is 2.09 bits per heavy atom. The number of aliphatic hydroxyl groups is 3. The monoisotopic (exact) mass is 163 g/mol. The molecule has 0 saturated carbocycles. The van der Waals surface area contributed by atoms with E-state index in [4.69, 9.17) is 15.3 Å². The number of carbonyl (C=O) groups is 1. The van der Waals surface area contributed by atoms with E-state index in [1.165, 1.54) is 6.92 Å². The maximum absolute atomic E-state index is 10.6. The van der Waals surface area contributed by atoms with Crippen molar-refractivity contribution < 1.29 is 20.1 Å². The average Bonchev–Trinajstić information content (AvgIpc) is 1.99. The summed E-state index contributed by atoms with van der Waals surface area (Å²) in [6, 6.07) is 0. The zero-order valence-corrected chi connectivity index (χ0v) is 6.32. The smallest absolute Gasteiger partial charge is 0.248 e. The molecule has 2 atom stereocenters. The fraction of sp³-hybridized carbons (Fsp3) is 0.833. The van der Waals surface area contributed by atoms with E-state index in [2.05, 4.69) is 5.32 Å². The Kier molecular flexibility index (Phi) is 4.76. The van der Waals surface area contributed by atoms with Gasteiger partial charge in [-0.25, -0.2) is 0 Å². The maximum atomic E-state index is 10.6. The minimum Gasteiger partial charge on any atom is -0.394 e. The van der Waals surface area contributed by atoms with E-state index in [1.807, 2.05) is 0 Å². The molecule has 0 aliphatic heterocycles. The molecule has 0 aromatic rings. The van der Waals surface area contributed by atoms with Crippen LogP contribution in [0.4, 0.5) is 0 Å². The molecule has 11 heavy (non-hydrogen) atoms. The summed E-state index contributed by atoms with van der Waals surface area (Å²) >= 11 is 0. The molecule has 1 unspecified atom stereocenters. The summed E-state index contributed by atoms with van der Waals surface area (Å²) in [5.41, 5.74) is 0. The van der Waals surface area contributed by atoms with Crippen molar-refractivity contribution in [3.63, 3.8) is 0 Å². The van der Waals surface area contributed by atoms with Crippen LogP contribution in [-0.2, 0) is 4.79 Å². The zero-order valence-electron chi connectivity index (χ0n) is 6.32. The van der Waals surface area contributed by atoms with Crippen LogP contribution < -0.4 is 5.32 Å². The van der Waals surface area contributed by atoms with E-state index in [0.29, 0.717) is 0 Å². The Morgan fingerprint density at radius 1 is 1.55 bits per heavy atom. The summed E-state index contributed by atoms with van der Waals surface area (Å²) in [6.07, 6.45) is -2.04. The fourth-order valence-electron chi connectivity index (χ4n) is 0.431. The first-order valence-electron chi connectivity index (χ1n) is 3.32. The standard InChI is InChI=1S/C6H13NO4/c1-4(9)6(11)7-2-5(10)3-8/h4-5,8-10H,2-3H2,1H3,(H,7,11)/t4?,5-/m1/s1. The van der Waals surface area contributed by atoms with Gasteiger partial charge in [0.05, 0.1) is 12.7 Å². The van der Waals surface area contributed by atoms with Gasteiger partial charge in [-0.05, 0) is 6.92 Å². The molecule has 0 aromatic carbocycles. The lowest BCUT2D eigenvalue weighted by Gasteiger charge is -2.09. The highest BCUT2D eigenvalue weighted by molar-refractivity contribution is 5.79. The minimum absolute atomic E-state index is 0.0414. The molecule has 0 aromatic heterocycles. The lowest BCUT2D eigenvalue weighted by molar-refractivity contribution is -0.129. The van der Waals surface area contributed by atoms with E-state index in [0.717, 1.165) is 0 Å². The highest BCUT2D eigenvalue weighted by Gasteiger charge is 2.09. The maximum Gasteiger partial charge on any atom is 0.248 e. The molecule has 4 N–H and O–H groups in total. The minimum atomic E-state index is -1.08. The second-order valence-electron chi connectivity index (χ2n) is 2.26. The third-order valence-corrected chi connectivity index (χ3v) is 1.10. The Balaban J connectivity index is 3.46. The van der Waals surface area contributed by atoms with Gasteiger partial charge in [0.1, 0.15) is 6.10 Å². The summed E-state index contributed by atoms with van der Waals surface area (Å²) < 4.78 is 0. The summed E-state index contributed by atoms with van der Waals surface area (Å²) in [6.45, 7) is 0.876. The van der Waals surface area contributed by atoms with E-state index < -0.39 is 24.7 Å². The second-order valence-corrected chi connectivity index (χ2v) is 2.26. The van der Waals surface area contributed by atoms with Crippen molar-refractivity contribution >= 4 is 5.91 Å². The lowest BCUT2D eigenvalue weighted by atomic mass is 10.3. The number of carbonyl (C=O) groups excluding carboxylic acids is 1. The van der Waals surface area contributed by atoms with E-state index in [-0.39, 0.29) is 6.54 Å². The topological polar surface area (TPSA) is 89.8 Å². The molecule has 0 bridgehead atoms. The van der Waals surface area contributed by atoms with Crippen molar-refractivity contribution in [3.05, 3.63) is 0 Å². The van der Waals surface area contributed by atoms with Crippen LogP contribution in [0.3, 0.4) is 0 Å². The van der Waals surface area contributed by atoms with Gasteiger partial charge in [0.15, 0.2) is 0 Å². The Bertz CT molecular complexity index is 126. The van der Waals surface area contributed by atoms with Gasteiger partial charge in [0.2, 0.25) is 5.91 Å². The molecular formula is C6H13NO4. The first-order valence-corrected chi connectivity index (χ1v) is 3.32. The molecule has 0 aliphatic rings. The number of hydrogen-bond acceptors (Lipinski definition) is 4. The van der Waals surface area contributed by atoms with Gasteiger partial charge in [-0.3, -0.25) is 4.79 Å². The number of hydrogen-bond donors (Lipinski definition) is 4. The van der Waals surface area contributed by atoms with Gasteiger partial charge in [0.25, 0.3) is 0 Å². The Labute approximate surface area is 64.7 Å². The molecule has 66 valence electrons. The molecule has 0 heterocycles. The van der Waals surface area contributed by atoms with Crippen LogP contribution in [0, 0.1) is 0 Å². The van der Waals surface area contributed by atoms with Gasteiger partial charge in [-0.2, -0.15) is 0 Å². The molecule has 5 heteroatoms. The van der Waals surface area contributed by atoms with Crippen molar-refractivity contribution in [2.45, 2.75) is 19.1 Å². The number of nitrogens with one attached hydrogen (secondary N) is 1. The summed E-state index contributed by atoms with van der Waals surface area (Å²) in [5.74, 6) is -0.558. The number of aliphatic hydroxyl groups excluding tert-OH is 3. The van der Waals surface area contributed by atoms with Crippen molar-refractivity contribution in [1.82, 2.24) is 5.32 Å². The normalized spacial score (nSPS) is 15.6. The average molecular weight is 163 g/mol. The molecule has 0 radical (unpaired) electrons. The number of rotatable bonds is 4. The quantitative estimate of drug-likeness (QED) is 0.380. The Hall–Kier alpha value is -0.650. The van der Waals surface area contributed by atoms with Crippen LogP contribution in [0.2, 0.25) is 0 Å². The van der Waals surface area contributed by atoms with E-state index in [9.17, 15) is 4.79 Å². The van der Waals surface area contributed by atoms with Crippen LogP contribution in [-0.4, -0.2) is 46.6 Å². The summed E-state index contributed by atoms with van der Waals surface area (Å²) in [7, 11) is 0. The third kappa shape index (κ3) is 4.72.